The Balaban J connectivity index is 0.00000144. The number of hydrogen-bond donors (Lipinski definition) is 1. The van der Waals surface area contributed by atoms with Crippen LogP contribution in [0.15, 0.2) is 18.2 Å². The average molecular weight is 296 g/mol. The molecule has 1 aromatic rings. The highest BCUT2D eigenvalue weighted by Gasteiger charge is 2.20. The Labute approximate surface area is 118 Å². The van der Waals surface area contributed by atoms with Crippen LogP contribution in [-0.2, 0) is 6.54 Å². The summed E-state index contributed by atoms with van der Waals surface area (Å²) in [5.41, 5.74) is 6.88. The summed E-state index contributed by atoms with van der Waals surface area (Å²) in [6.45, 7) is 3.95. The average Bonchev–Trinajstić information content (AvgIpc) is 2.71. The van der Waals surface area contributed by atoms with Crippen LogP contribution in [0.3, 0.4) is 0 Å². The van der Waals surface area contributed by atoms with E-state index in [9.17, 15) is 0 Å². The zero-order valence-electron chi connectivity index (χ0n) is 9.53. The van der Waals surface area contributed by atoms with E-state index in [1.54, 1.807) is 0 Å². The molecule has 0 aliphatic carbocycles. The van der Waals surface area contributed by atoms with Gasteiger partial charge in [0, 0.05) is 13.1 Å². The first-order valence-corrected chi connectivity index (χ1v) is 6.31. The van der Waals surface area contributed by atoms with E-state index < -0.39 is 0 Å². The van der Waals surface area contributed by atoms with Gasteiger partial charge in [0.15, 0.2) is 0 Å². The van der Waals surface area contributed by atoms with Crippen molar-refractivity contribution >= 4 is 35.6 Å². The van der Waals surface area contributed by atoms with Gasteiger partial charge >= 0.3 is 0 Å². The molecule has 5 heteroatoms. The number of rotatable bonds is 3. The maximum absolute atomic E-state index is 5.98. The first kappa shape index (κ1) is 15.1. The second-order valence-electron chi connectivity index (χ2n) is 4.37. The van der Waals surface area contributed by atoms with Crippen LogP contribution in [-0.4, -0.2) is 24.5 Å². The van der Waals surface area contributed by atoms with Gasteiger partial charge in [0.05, 0.1) is 10.0 Å². The molecule has 0 amide bonds. The molecule has 1 atom stereocenters. The van der Waals surface area contributed by atoms with Crippen molar-refractivity contribution in [1.82, 2.24) is 4.90 Å². The molecule has 0 aromatic heterocycles. The number of likely N-dealkylation sites (tertiary alicyclic amines) is 1. The minimum absolute atomic E-state index is 0. The molecule has 1 heterocycles. The summed E-state index contributed by atoms with van der Waals surface area (Å²) in [5.74, 6) is 0.655. The molecule has 0 saturated carbocycles. The van der Waals surface area contributed by atoms with Crippen molar-refractivity contribution in [3.05, 3.63) is 33.8 Å². The third kappa shape index (κ3) is 4.01. The molecule has 1 unspecified atom stereocenters. The van der Waals surface area contributed by atoms with Gasteiger partial charge in [0.2, 0.25) is 0 Å². The van der Waals surface area contributed by atoms with Crippen molar-refractivity contribution in [2.75, 3.05) is 19.6 Å². The highest BCUT2D eigenvalue weighted by atomic mass is 35.5. The van der Waals surface area contributed by atoms with Crippen molar-refractivity contribution in [2.24, 2.45) is 11.7 Å². The molecule has 1 saturated heterocycles. The van der Waals surface area contributed by atoms with E-state index in [1.807, 2.05) is 18.2 Å². The Morgan fingerprint density at radius 3 is 2.65 bits per heavy atom. The number of nitrogens with zero attached hydrogens (tertiary/aromatic N) is 1. The van der Waals surface area contributed by atoms with Crippen molar-refractivity contribution in [1.29, 1.82) is 0 Å². The minimum atomic E-state index is 0. The lowest BCUT2D eigenvalue weighted by Gasteiger charge is -2.15. The molecule has 1 aliphatic heterocycles. The first-order chi connectivity index (χ1) is 7.69. The van der Waals surface area contributed by atoms with Gasteiger partial charge in [-0.15, -0.1) is 12.4 Å². The smallest absolute Gasteiger partial charge is 0.0595 e. The summed E-state index contributed by atoms with van der Waals surface area (Å²) in [5, 5.41) is 1.25. The van der Waals surface area contributed by atoms with Gasteiger partial charge in [0.1, 0.15) is 0 Å². The maximum Gasteiger partial charge on any atom is 0.0595 e. The number of benzene rings is 1. The van der Waals surface area contributed by atoms with Crippen LogP contribution in [0.5, 0.6) is 0 Å². The summed E-state index contributed by atoms with van der Waals surface area (Å²) >= 11 is 11.9. The third-order valence-corrected chi connectivity index (χ3v) is 3.83. The lowest BCUT2D eigenvalue weighted by atomic mass is 10.1. The predicted octanol–water partition coefficient (Wildman–Crippen LogP) is 3.20. The molecule has 17 heavy (non-hydrogen) atoms. The number of hydrogen-bond acceptors (Lipinski definition) is 2. The summed E-state index contributed by atoms with van der Waals surface area (Å²) in [6.07, 6.45) is 1.21. The van der Waals surface area contributed by atoms with Gasteiger partial charge in [-0.3, -0.25) is 4.90 Å². The molecule has 2 N–H and O–H groups in total. The van der Waals surface area contributed by atoms with Crippen molar-refractivity contribution < 1.29 is 0 Å². The van der Waals surface area contributed by atoms with Crippen LogP contribution in [0, 0.1) is 5.92 Å². The van der Waals surface area contributed by atoms with Gasteiger partial charge in [-0.1, -0.05) is 29.3 Å². The first-order valence-electron chi connectivity index (χ1n) is 5.55. The monoisotopic (exact) mass is 294 g/mol. The van der Waals surface area contributed by atoms with Gasteiger partial charge in [0.25, 0.3) is 0 Å². The summed E-state index contributed by atoms with van der Waals surface area (Å²) in [7, 11) is 0. The SMILES string of the molecule is Cl.NCC1CCN(Cc2ccc(Cl)c(Cl)c2)C1. The highest BCUT2D eigenvalue weighted by molar-refractivity contribution is 6.42. The predicted molar refractivity (Wildman–Crippen MR) is 76.1 cm³/mol. The molecule has 1 fully saturated rings. The fourth-order valence-electron chi connectivity index (χ4n) is 2.15. The molecular formula is C12H17Cl3N2. The topological polar surface area (TPSA) is 29.3 Å². The Hall–Kier alpha value is 0.01000. The molecular weight excluding hydrogens is 279 g/mol. The van der Waals surface area contributed by atoms with E-state index in [-0.39, 0.29) is 12.4 Å². The molecule has 2 nitrogen and oxygen atoms in total. The van der Waals surface area contributed by atoms with Crippen molar-refractivity contribution in [3.8, 4) is 0 Å². The quantitative estimate of drug-likeness (QED) is 0.928. The summed E-state index contributed by atoms with van der Waals surface area (Å²) in [6, 6.07) is 5.83. The molecule has 0 spiro atoms. The van der Waals surface area contributed by atoms with Crippen molar-refractivity contribution in [3.63, 3.8) is 0 Å². The molecule has 2 rings (SSSR count). The Kier molecular flexibility index (Phi) is 6.04. The zero-order chi connectivity index (χ0) is 11.5. The fraction of sp³-hybridized carbons (Fsp3) is 0.500. The lowest BCUT2D eigenvalue weighted by Crippen LogP contribution is -2.22. The van der Waals surface area contributed by atoms with Gasteiger partial charge < -0.3 is 5.73 Å². The summed E-state index contributed by atoms with van der Waals surface area (Å²) in [4.78, 5) is 2.41. The van der Waals surface area contributed by atoms with Crippen LogP contribution >= 0.6 is 35.6 Å². The van der Waals surface area contributed by atoms with Crippen LogP contribution in [0.4, 0.5) is 0 Å². The lowest BCUT2D eigenvalue weighted by molar-refractivity contribution is 0.318. The summed E-state index contributed by atoms with van der Waals surface area (Å²) < 4.78 is 0. The van der Waals surface area contributed by atoms with Crippen LogP contribution in [0.25, 0.3) is 0 Å². The van der Waals surface area contributed by atoms with Gasteiger partial charge in [-0.2, -0.15) is 0 Å². The molecule has 1 aliphatic rings. The van der Waals surface area contributed by atoms with Crippen LogP contribution in [0.1, 0.15) is 12.0 Å². The van der Waals surface area contributed by atoms with Crippen molar-refractivity contribution in [2.45, 2.75) is 13.0 Å². The maximum atomic E-state index is 5.98. The normalized spacial score (nSPS) is 20.3. The zero-order valence-corrected chi connectivity index (χ0v) is 11.9. The van der Waals surface area contributed by atoms with Crippen LogP contribution < -0.4 is 5.73 Å². The van der Waals surface area contributed by atoms with E-state index in [1.165, 1.54) is 12.0 Å². The second kappa shape index (κ2) is 6.81. The van der Waals surface area contributed by atoms with E-state index in [0.717, 1.165) is 26.2 Å². The standard InChI is InChI=1S/C12H16Cl2N2.ClH/c13-11-2-1-9(5-12(11)14)7-16-4-3-10(6-15)8-16;/h1-2,5,10H,3-4,6-8,15H2;1H. The van der Waals surface area contributed by atoms with Gasteiger partial charge in [-0.05, 0) is 43.1 Å². The largest absolute Gasteiger partial charge is 0.330 e. The third-order valence-electron chi connectivity index (χ3n) is 3.09. The minimum Gasteiger partial charge on any atom is -0.330 e. The Morgan fingerprint density at radius 2 is 2.06 bits per heavy atom. The van der Waals surface area contributed by atoms with E-state index >= 15 is 0 Å². The van der Waals surface area contributed by atoms with Gasteiger partial charge in [-0.25, -0.2) is 0 Å². The second-order valence-corrected chi connectivity index (χ2v) is 5.19. The van der Waals surface area contributed by atoms with E-state index in [4.69, 9.17) is 28.9 Å². The molecule has 0 bridgehead atoms. The molecule has 0 radical (unpaired) electrons. The van der Waals surface area contributed by atoms with E-state index in [2.05, 4.69) is 4.90 Å². The fourth-order valence-corrected chi connectivity index (χ4v) is 2.47. The molecule has 96 valence electrons. The Bertz CT molecular complexity index is 371. The number of nitrogens with two attached hydrogens (primary N) is 1. The number of halogens is 3. The highest BCUT2D eigenvalue weighted by Crippen LogP contribution is 2.24. The Morgan fingerprint density at radius 1 is 1.29 bits per heavy atom. The van der Waals surface area contributed by atoms with E-state index in [0.29, 0.717) is 16.0 Å². The molecule has 1 aromatic carbocycles. The van der Waals surface area contributed by atoms with Crippen LogP contribution in [0.2, 0.25) is 10.0 Å².